The van der Waals surface area contributed by atoms with Gasteiger partial charge >= 0.3 is 5.97 Å². The molecule has 4 N–H and O–H groups in total. The number of ether oxygens (including phenoxy) is 1. The van der Waals surface area contributed by atoms with E-state index in [-0.39, 0.29) is 16.8 Å². The van der Waals surface area contributed by atoms with Crippen molar-refractivity contribution in [3.05, 3.63) is 100 Å². The summed E-state index contributed by atoms with van der Waals surface area (Å²) in [6.07, 6.45) is 3.17. The number of hydrogen-bond acceptors (Lipinski definition) is 3. The third kappa shape index (κ3) is 6.51. The topological polar surface area (TPSA) is 83.9 Å². The van der Waals surface area contributed by atoms with E-state index in [4.69, 9.17) is 10.5 Å². The molecule has 1 aliphatic carbocycles. The van der Waals surface area contributed by atoms with Crippen LogP contribution in [0.2, 0.25) is 0 Å². The smallest absolute Gasteiger partial charge is 0.338 e. The van der Waals surface area contributed by atoms with E-state index in [1.807, 2.05) is 24.3 Å². The number of aromatic nitrogens is 2. The van der Waals surface area contributed by atoms with Gasteiger partial charge < -0.3 is 20.4 Å². The van der Waals surface area contributed by atoms with Gasteiger partial charge in [0, 0.05) is 44.3 Å². The van der Waals surface area contributed by atoms with Gasteiger partial charge in [-0.05, 0) is 95.8 Å². The number of benzene rings is 3. The lowest BCUT2D eigenvalue weighted by atomic mass is 9.92. The maximum absolute atomic E-state index is 12.3. The van der Waals surface area contributed by atoms with E-state index in [0.29, 0.717) is 11.5 Å². The van der Waals surface area contributed by atoms with Gasteiger partial charge in [0.1, 0.15) is 0 Å². The minimum Gasteiger partial charge on any atom is -0.465 e. The van der Waals surface area contributed by atoms with Crippen LogP contribution in [0.15, 0.2) is 66.7 Å². The molecule has 41 heavy (non-hydrogen) atoms. The summed E-state index contributed by atoms with van der Waals surface area (Å²) in [5, 5.41) is 2.40. The number of esters is 1. The van der Waals surface area contributed by atoms with Gasteiger partial charge in [0.25, 0.3) is 0 Å². The molecule has 0 aliphatic heterocycles. The molecule has 0 spiro atoms. The molecule has 1 saturated carbocycles. The number of methoxy groups -OCH3 is 1. The number of carbonyl (C=O) groups is 1. The molecule has 0 amide bonds. The highest BCUT2D eigenvalue weighted by Crippen LogP contribution is 2.41. The number of nitrogens with two attached hydrogens (primary N) is 1. The van der Waals surface area contributed by atoms with Crippen LogP contribution in [0, 0.1) is 0 Å². The summed E-state index contributed by atoms with van der Waals surface area (Å²) in [5.41, 5.74) is 15.8. The molecule has 2 heterocycles. The summed E-state index contributed by atoms with van der Waals surface area (Å²) in [4.78, 5) is 19.2. The van der Waals surface area contributed by atoms with Crippen LogP contribution in [-0.2, 0) is 22.0 Å². The molecule has 0 atom stereocenters. The van der Waals surface area contributed by atoms with Gasteiger partial charge in [0.05, 0.1) is 12.7 Å². The highest BCUT2D eigenvalue weighted by molar-refractivity contribution is 5.91. The molecule has 0 bridgehead atoms. The number of nitrogen functional groups attached to an aromatic ring is 1. The van der Waals surface area contributed by atoms with Crippen molar-refractivity contribution < 1.29 is 9.53 Å². The van der Waals surface area contributed by atoms with E-state index in [1.165, 1.54) is 53.2 Å². The lowest BCUT2D eigenvalue weighted by molar-refractivity contribution is 0.0599. The molecule has 0 radical (unpaired) electrons. The minimum atomic E-state index is -0.245. The Hall–Kier alpha value is -3.99. The van der Waals surface area contributed by atoms with Crippen molar-refractivity contribution in [2.24, 2.45) is 0 Å². The first-order valence-corrected chi connectivity index (χ1v) is 14.5. The van der Waals surface area contributed by atoms with Crippen molar-refractivity contribution in [1.82, 2.24) is 9.97 Å². The van der Waals surface area contributed by atoms with Crippen molar-refractivity contribution >= 4 is 33.5 Å². The molecule has 0 unspecified atom stereocenters. The quantitative estimate of drug-likeness (QED) is 0.155. The summed E-state index contributed by atoms with van der Waals surface area (Å²) in [7, 11) is 1.45. The molecular formula is C36H43N3O2. The lowest BCUT2D eigenvalue weighted by Crippen LogP contribution is -2.10. The van der Waals surface area contributed by atoms with Crippen LogP contribution in [0.5, 0.6) is 0 Å². The van der Waals surface area contributed by atoms with Gasteiger partial charge in [-0.3, -0.25) is 0 Å². The Kier molecular flexibility index (Phi) is 7.50. The second kappa shape index (κ2) is 10.8. The average molecular weight is 550 g/mol. The fourth-order valence-electron chi connectivity index (χ4n) is 5.19. The number of nitrogens with one attached hydrogen (secondary N) is 2. The van der Waals surface area contributed by atoms with Gasteiger partial charge in [-0.1, -0.05) is 59.7 Å². The predicted molar refractivity (Wildman–Crippen MR) is 171 cm³/mol. The van der Waals surface area contributed by atoms with Crippen LogP contribution in [0.4, 0.5) is 5.69 Å². The highest BCUT2D eigenvalue weighted by Gasteiger charge is 2.25. The zero-order valence-corrected chi connectivity index (χ0v) is 25.4. The van der Waals surface area contributed by atoms with Crippen molar-refractivity contribution in [1.29, 1.82) is 0 Å². The van der Waals surface area contributed by atoms with Crippen LogP contribution in [-0.4, -0.2) is 23.0 Å². The maximum atomic E-state index is 12.3. The van der Waals surface area contributed by atoms with Crippen molar-refractivity contribution in [2.75, 3.05) is 12.8 Å². The van der Waals surface area contributed by atoms with Crippen molar-refractivity contribution in [3.8, 4) is 0 Å². The maximum Gasteiger partial charge on any atom is 0.338 e. The zero-order valence-electron chi connectivity index (χ0n) is 25.4. The molecule has 1 aliphatic rings. The van der Waals surface area contributed by atoms with E-state index in [1.54, 1.807) is 0 Å². The second-order valence-corrected chi connectivity index (χ2v) is 13.5. The number of carbonyl (C=O) groups excluding carboxylic acids is 1. The van der Waals surface area contributed by atoms with E-state index >= 15 is 0 Å². The Bertz CT molecular complexity index is 1700. The molecule has 5 nitrogen and oxygen atoms in total. The predicted octanol–water partition coefficient (Wildman–Crippen LogP) is 8.77. The van der Waals surface area contributed by atoms with E-state index in [9.17, 15) is 4.79 Å². The van der Waals surface area contributed by atoms with E-state index in [2.05, 4.69) is 94.0 Å². The largest absolute Gasteiger partial charge is 0.465 e. The first-order valence-electron chi connectivity index (χ1n) is 14.5. The number of rotatable bonds is 4. The first-order chi connectivity index (χ1) is 19.3. The van der Waals surface area contributed by atoms with Crippen molar-refractivity contribution in [3.63, 3.8) is 0 Å². The molecule has 5 heteroatoms. The third-order valence-electron chi connectivity index (χ3n) is 7.93. The molecule has 1 fully saturated rings. The Morgan fingerprint density at radius 2 is 1.39 bits per heavy atom. The Morgan fingerprint density at radius 3 is 1.95 bits per heavy atom. The monoisotopic (exact) mass is 549 g/mol. The van der Waals surface area contributed by atoms with Crippen LogP contribution in [0.25, 0.3) is 21.8 Å². The fraction of sp³-hybridized carbons (Fsp3) is 0.361. The average Bonchev–Trinajstić information content (AvgIpc) is 3.51. The van der Waals surface area contributed by atoms with Crippen LogP contribution >= 0.6 is 0 Å². The van der Waals surface area contributed by atoms with E-state index < -0.39 is 0 Å². The molecule has 214 valence electrons. The highest BCUT2D eigenvalue weighted by atomic mass is 16.5. The number of fused-ring (bicyclic) bond motifs is 2. The number of aromatic amines is 2. The second-order valence-electron chi connectivity index (χ2n) is 13.5. The molecule has 5 aromatic rings. The molecule has 2 aromatic heterocycles. The number of anilines is 1. The zero-order chi connectivity index (χ0) is 29.5. The number of hydrogen-bond donors (Lipinski definition) is 3. The molecule has 0 saturated heterocycles. The Balaban J connectivity index is 0.000000202. The fourth-order valence-corrected chi connectivity index (χ4v) is 5.19. The van der Waals surface area contributed by atoms with Gasteiger partial charge in [0.2, 0.25) is 0 Å². The van der Waals surface area contributed by atoms with Crippen LogP contribution in [0.1, 0.15) is 98.7 Å². The Labute approximate surface area is 243 Å². The number of H-pyrrole nitrogens is 2. The van der Waals surface area contributed by atoms with Crippen LogP contribution in [0.3, 0.4) is 0 Å². The molecule has 3 aromatic carbocycles. The third-order valence-corrected chi connectivity index (χ3v) is 7.93. The lowest BCUT2D eigenvalue weighted by Gasteiger charge is -2.15. The van der Waals surface area contributed by atoms with Gasteiger partial charge in [-0.25, -0.2) is 4.79 Å². The van der Waals surface area contributed by atoms with Gasteiger partial charge in [-0.2, -0.15) is 0 Å². The summed E-state index contributed by atoms with van der Waals surface area (Å²) in [5.74, 6) is 0.375. The molecular weight excluding hydrogens is 506 g/mol. The SMILES string of the molecule is CC(C)(C)c1cc2cc(N)ccc2[nH]1.COC(=O)c1cc(C2CC2)ccc1Cc1ccc2[nH]c(C(C)(C)C)cc2c1. The standard InChI is InChI=1S/C24H27NO2.C12H16N2/c1-24(2,3)22-14-19-12-15(5-10-21(19)25-22)11-18-9-8-17(16-6-7-16)13-20(18)23(26)27-4;1-12(2,3)11-7-8-6-9(13)4-5-10(8)14-11/h5,8-10,12-14,16,25H,6-7,11H2,1-4H3;4-7,14H,13H2,1-3H3. The van der Waals surface area contributed by atoms with Crippen LogP contribution < -0.4 is 5.73 Å². The summed E-state index contributed by atoms with van der Waals surface area (Å²) in [6.45, 7) is 13.2. The summed E-state index contributed by atoms with van der Waals surface area (Å²) >= 11 is 0. The normalized spacial score (nSPS) is 13.7. The molecule has 6 rings (SSSR count). The van der Waals surface area contributed by atoms with E-state index in [0.717, 1.165) is 28.7 Å². The summed E-state index contributed by atoms with van der Waals surface area (Å²) < 4.78 is 5.04. The van der Waals surface area contributed by atoms with Gasteiger partial charge in [0.15, 0.2) is 0 Å². The first kappa shape index (κ1) is 28.5. The van der Waals surface area contributed by atoms with Gasteiger partial charge in [-0.15, -0.1) is 0 Å². The minimum absolute atomic E-state index is 0.0931. The Morgan fingerprint density at radius 1 is 0.805 bits per heavy atom. The summed E-state index contributed by atoms with van der Waals surface area (Å²) in [6, 6.07) is 23.2. The van der Waals surface area contributed by atoms with Crippen molar-refractivity contribution in [2.45, 2.75) is 77.6 Å².